The third-order valence-corrected chi connectivity index (χ3v) is 5.38. The summed E-state index contributed by atoms with van der Waals surface area (Å²) in [4.78, 5) is 37.5. The van der Waals surface area contributed by atoms with E-state index in [1.54, 1.807) is 66.7 Å². The minimum Gasteiger partial charge on any atom is -0.419 e. The summed E-state index contributed by atoms with van der Waals surface area (Å²) in [7, 11) is 0. The number of carbonyl (C=O) groups is 3. The van der Waals surface area contributed by atoms with Crippen LogP contribution >= 0.6 is 0 Å². The van der Waals surface area contributed by atoms with Crippen molar-refractivity contribution in [2.75, 3.05) is 11.9 Å². The summed E-state index contributed by atoms with van der Waals surface area (Å²) in [6.07, 6.45) is 1.40. The molecular weight excluding hydrogens is 482 g/mol. The average Bonchev–Trinajstić information content (AvgIpc) is 2.95. The minimum absolute atomic E-state index is 0.0274. The van der Waals surface area contributed by atoms with Crippen LogP contribution in [-0.2, 0) is 4.79 Å². The molecule has 0 aliphatic heterocycles. The zero-order chi connectivity index (χ0) is 26.7. The van der Waals surface area contributed by atoms with E-state index in [2.05, 4.69) is 15.8 Å². The van der Waals surface area contributed by atoms with Crippen molar-refractivity contribution < 1.29 is 23.9 Å². The van der Waals surface area contributed by atoms with Gasteiger partial charge in [0.1, 0.15) is 0 Å². The molecule has 2 N–H and O–H groups in total. The second kappa shape index (κ2) is 12.6. The molecule has 0 saturated heterocycles. The van der Waals surface area contributed by atoms with E-state index in [4.69, 9.17) is 9.47 Å². The second-order valence-corrected chi connectivity index (χ2v) is 8.18. The van der Waals surface area contributed by atoms with Crippen molar-refractivity contribution in [1.82, 2.24) is 5.43 Å². The molecule has 4 aromatic carbocycles. The lowest BCUT2D eigenvalue weighted by Crippen LogP contribution is -2.26. The first-order chi connectivity index (χ1) is 18.5. The number of nitrogens with zero attached hydrogens (tertiary/aromatic N) is 1. The summed E-state index contributed by atoms with van der Waals surface area (Å²) >= 11 is 0. The van der Waals surface area contributed by atoms with Gasteiger partial charge in [0, 0.05) is 5.69 Å². The van der Waals surface area contributed by atoms with E-state index in [0.29, 0.717) is 16.7 Å². The van der Waals surface area contributed by atoms with Gasteiger partial charge in [-0.05, 0) is 66.6 Å². The van der Waals surface area contributed by atoms with Crippen LogP contribution in [0.5, 0.6) is 11.5 Å². The second-order valence-electron chi connectivity index (χ2n) is 8.18. The zero-order valence-corrected chi connectivity index (χ0v) is 20.6. The van der Waals surface area contributed by atoms with Crippen LogP contribution in [0.15, 0.2) is 108 Å². The summed E-state index contributed by atoms with van der Waals surface area (Å²) in [6.45, 7) is 1.98. The number of nitrogens with one attached hydrogen (secondary N) is 2. The van der Waals surface area contributed by atoms with Gasteiger partial charge < -0.3 is 14.8 Å². The zero-order valence-electron chi connectivity index (χ0n) is 20.6. The van der Waals surface area contributed by atoms with Gasteiger partial charge in [0.05, 0.1) is 23.9 Å². The van der Waals surface area contributed by atoms with Crippen LogP contribution < -0.4 is 20.2 Å². The van der Waals surface area contributed by atoms with E-state index in [1.165, 1.54) is 18.3 Å². The highest BCUT2D eigenvalue weighted by Crippen LogP contribution is 2.30. The number of hydrazone groups is 1. The van der Waals surface area contributed by atoms with Crippen LogP contribution in [-0.4, -0.2) is 30.6 Å². The Hall–Kier alpha value is -5.24. The third-order valence-electron chi connectivity index (χ3n) is 5.38. The Balaban J connectivity index is 1.46. The third kappa shape index (κ3) is 7.14. The lowest BCUT2D eigenvalue weighted by Gasteiger charge is -2.11. The maximum absolute atomic E-state index is 12.7. The number of hydrogen-bond acceptors (Lipinski definition) is 7. The quantitative estimate of drug-likeness (QED) is 0.143. The fourth-order valence-corrected chi connectivity index (χ4v) is 3.40. The van der Waals surface area contributed by atoms with Crippen LogP contribution in [0.3, 0.4) is 0 Å². The SMILES string of the molecule is Cc1ccccc1NCC(=O)N/N=C/c1ccc(OC(=O)c2ccccc2)c(OC(=O)c2ccccc2)c1. The molecule has 0 fully saturated rings. The molecule has 4 aromatic rings. The molecule has 0 bridgehead atoms. The van der Waals surface area contributed by atoms with E-state index in [-0.39, 0.29) is 24.0 Å². The van der Waals surface area contributed by atoms with Crippen LogP contribution in [0, 0.1) is 6.92 Å². The van der Waals surface area contributed by atoms with Gasteiger partial charge in [-0.25, -0.2) is 15.0 Å². The Labute approximate surface area is 219 Å². The molecule has 0 atom stereocenters. The molecule has 8 nitrogen and oxygen atoms in total. The number of hydrogen-bond donors (Lipinski definition) is 2. The molecule has 0 unspecified atom stereocenters. The fraction of sp³-hybridized carbons (Fsp3) is 0.0667. The number of rotatable bonds is 9. The first kappa shape index (κ1) is 25.8. The Kier molecular flexibility index (Phi) is 8.60. The summed E-state index contributed by atoms with van der Waals surface area (Å²) in [5, 5.41) is 7.03. The van der Waals surface area contributed by atoms with Gasteiger partial charge >= 0.3 is 11.9 Å². The average molecular weight is 508 g/mol. The molecule has 0 heterocycles. The first-order valence-electron chi connectivity index (χ1n) is 11.8. The first-order valence-corrected chi connectivity index (χ1v) is 11.8. The Morgan fingerprint density at radius 1 is 0.737 bits per heavy atom. The van der Waals surface area contributed by atoms with Gasteiger partial charge in [-0.15, -0.1) is 0 Å². The molecule has 0 spiro atoms. The van der Waals surface area contributed by atoms with Crippen LogP contribution in [0.4, 0.5) is 5.69 Å². The monoisotopic (exact) mass is 507 g/mol. The molecule has 0 radical (unpaired) electrons. The number of esters is 2. The fourth-order valence-electron chi connectivity index (χ4n) is 3.40. The van der Waals surface area contributed by atoms with Crippen LogP contribution in [0.1, 0.15) is 31.8 Å². The molecule has 38 heavy (non-hydrogen) atoms. The highest BCUT2D eigenvalue weighted by atomic mass is 16.6. The maximum atomic E-state index is 12.7. The molecule has 0 aliphatic carbocycles. The molecule has 4 rings (SSSR count). The maximum Gasteiger partial charge on any atom is 0.343 e. The van der Waals surface area contributed by atoms with Gasteiger partial charge in [-0.2, -0.15) is 5.10 Å². The van der Waals surface area contributed by atoms with E-state index in [0.717, 1.165) is 11.3 Å². The Morgan fingerprint density at radius 3 is 1.95 bits per heavy atom. The minimum atomic E-state index is -0.618. The van der Waals surface area contributed by atoms with Gasteiger partial charge in [0.25, 0.3) is 5.91 Å². The standard InChI is InChI=1S/C30H25N3O5/c1-21-10-8-9-15-25(21)31-20-28(34)33-32-19-22-16-17-26(37-29(35)23-11-4-2-5-12-23)27(18-22)38-30(36)24-13-6-3-7-14-24/h2-19,31H,20H2,1H3,(H,33,34)/b32-19+. The van der Waals surface area contributed by atoms with Gasteiger partial charge in [-0.3, -0.25) is 4.79 Å². The number of ether oxygens (including phenoxy) is 2. The number of aryl methyl sites for hydroxylation is 1. The molecule has 190 valence electrons. The molecular formula is C30H25N3O5. The van der Waals surface area contributed by atoms with Gasteiger partial charge in [0.15, 0.2) is 11.5 Å². The molecule has 8 heteroatoms. The van der Waals surface area contributed by atoms with E-state index >= 15 is 0 Å². The van der Waals surface area contributed by atoms with Gasteiger partial charge in [0.2, 0.25) is 0 Å². The Bertz CT molecular complexity index is 1450. The number of anilines is 1. The summed E-state index contributed by atoms with van der Waals surface area (Å²) < 4.78 is 11.1. The summed E-state index contributed by atoms with van der Waals surface area (Å²) in [6, 6.07) is 29.2. The molecule has 1 amide bonds. The van der Waals surface area contributed by atoms with E-state index in [1.807, 2.05) is 31.2 Å². The van der Waals surface area contributed by atoms with Crippen molar-refractivity contribution in [3.8, 4) is 11.5 Å². The number of para-hydroxylation sites is 1. The normalized spacial score (nSPS) is 10.6. The van der Waals surface area contributed by atoms with Crippen molar-refractivity contribution >= 4 is 29.7 Å². The van der Waals surface area contributed by atoms with Crippen molar-refractivity contribution in [3.63, 3.8) is 0 Å². The van der Waals surface area contributed by atoms with Crippen LogP contribution in [0.25, 0.3) is 0 Å². The van der Waals surface area contributed by atoms with E-state index < -0.39 is 11.9 Å². The molecule has 0 aromatic heterocycles. The van der Waals surface area contributed by atoms with Crippen LogP contribution in [0.2, 0.25) is 0 Å². The number of amides is 1. The van der Waals surface area contributed by atoms with Crippen molar-refractivity contribution in [3.05, 3.63) is 125 Å². The highest BCUT2D eigenvalue weighted by molar-refractivity contribution is 5.94. The predicted octanol–water partition coefficient (Wildman–Crippen LogP) is 5.00. The van der Waals surface area contributed by atoms with Crippen molar-refractivity contribution in [2.24, 2.45) is 5.10 Å². The lowest BCUT2D eigenvalue weighted by molar-refractivity contribution is -0.119. The topological polar surface area (TPSA) is 106 Å². The van der Waals surface area contributed by atoms with Crippen molar-refractivity contribution in [1.29, 1.82) is 0 Å². The summed E-state index contributed by atoms with van der Waals surface area (Å²) in [5.41, 5.74) is 5.52. The van der Waals surface area contributed by atoms with E-state index in [9.17, 15) is 14.4 Å². The van der Waals surface area contributed by atoms with Crippen molar-refractivity contribution in [2.45, 2.75) is 6.92 Å². The number of benzene rings is 4. The smallest absolute Gasteiger partial charge is 0.343 e. The number of carbonyl (C=O) groups excluding carboxylic acids is 3. The predicted molar refractivity (Wildman–Crippen MR) is 145 cm³/mol. The molecule has 0 saturated carbocycles. The molecule has 0 aliphatic rings. The lowest BCUT2D eigenvalue weighted by atomic mass is 10.2. The largest absolute Gasteiger partial charge is 0.419 e. The summed E-state index contributed by atoms with van der Waals surface area (Å²) in [5.74, 6) is -1.47. The highest BCUT2D eigenvalue weighted by Gasteiger charge is 2.17. The Morgan fingerprint density at radius 2 is 1.32 bits per heavy atom. The van der Waals surface area contributed by atoms with Gasteiger partial charge in [-0.1, -0.05) is 54.6 Å².